The average molecular weight is 528 g/mol. The molecule has 0 radical (unpaired) electrons. The molecule has 0 N–H and O–H groups in total. The number of benzene rings is 1. The number of aryl methyl sites for hydroxylation is 1. The first kappa shape index (κ1) is 29.0. The van der Waals surface area contributed by atoms with E-state index in [0.29, 0.717) is 25.2 Å². The Morgan fingerprint density at radius 2 is 1.95 bits per heavy atom. The fraction of sp³-hybridized carbons (Fsp3) is 0.688. The van der Waals surface area contributed by atoms with Crippen molar-refractivity contribution in [2.45, 2.75) is 90.4 Å². The Morgan fingerprint density at radius 3 is 2.61 bits per heavy atom. The van der Waals surface area contributed by atoms with Crippen LogP contribution in [0.3, 0.4) is 0 Å². The van der Waals surface area contributed by atoms with E-state index >= 15 is 0 Å². The van der Waals surface area contributed by atoms with Gasteiger partial charge in [-0.2, -0.15) is 0 Å². The molecule has 1 aliphatic carbocycles. The molecule has 3 unspecified atom stereocenters. The lowest BCUT2D eigenvalue weighted by atomic mass is 9.73. The summed E-state index contributed by atoms with van der Waals surface area (Å²) < 4.78 is 29.0. The van der Waals surface area contributed by atoms with Crippen molar-refractivity contribution in [1.82, 2.24) is 4.90 Å². The van der Waals surface area contributed by atoms with E-state index in [1.807, 2.05) is 6.07 Å². The maximum absolute atomic E-state index is 6.57. The van der Waals surface area contributed by atoms with Gasteiger partial charge in [-0.25, -0.2) is 0 Å². The molecule has 38 heavy (non-hydrogen) atoms. The van der Waals surface area contributed by atoms with Gasteiger partial charge in [0, 0.05) is 42.8 Å². The average Bonchev–Trinajstić information content (AvgIpc) is 3.50. The molecule has 1 fully saturated rings. The minimum absolute atomic E-state index is 0.0189. The van der Waals surface area contributed by atoms with Crippen LogP contribution in [0.5, 0.6) is 11.5 Å². The SMILES string of the molecule is CCc1ccc(OC)c2c1C(C)(CCN(CC1CC1)C(C)CCC(C)COCc1ccoc1)[C@H](COC)O2. The molecule has 0 saturated heterocycles. The van der Waals surface area contributed by atoms with Gasteiger partial charge in [-0.05, 0) is 81.5 Å². The molecule has 1 saturated carbocycles. The summed E-state index contributed by atoms with van der Waals surface area (Å²) in [6.45, 7) is 13.6. The maximum Gasteiger partial charge on any atom is 0.165 e. The number of methoxy groups -OCH3 is 2. The van der Waals surface area contributed by atoms with Crippen molar-refractivity contribution in [3.8, 4) is 11.5 Å². The van der Waals surface area contributed by atoms with E-state index in [1.165, 1.54) is 43.4 Å². The number of hydrogen-bond acceptors (Lipinski definition) is 6. The van der Waals surface area contributed by atoms with Crippen molar-refractivity contribution in [3.63, 3.8) is 0 Å². The predicted molar refractivity (Wildman–Crippen MR) is 151 cm³/mol. The van der Waals surface area contributed by atoms with Crippen molar-refractivity contribution in [2.75, 3.05) is 40.5 Å². The van der Waals surface area contributed by atoms with Crippen molar-refractivity contribution < 1.29 is 23.4 Å². The number of hydrogen-bond donors (Lipinski definition) is 0. The Labute approximate surface area is 230 Å². The van der Waals surface area contributed by atoms with E-state index in [2.05, 4.69) is 44.7 Å². The Bertz CT molecular complexity index is 988. The molecular formula is C32H49NO5. The van der Waals surface area contributed by atoms with Gasteiger partial charge < -0.3 is 28.3 Å². The zero-order chi connectivity index (χ0) is 27.1. The van der Waals surface area contributed by atoms with Crippen molar-refractivity contribution >= 4 is 0 Å². The van der Waals surface area contributed by atoms with Gasteiger partial charge in [0.25, 0.3) is 0 Å². The van der Waals surface area contributed by atoms with E-state index in [1.54, 1.807) is 26.7 Å². The highest BCUT2D eigenvalue weighted by molar-refractivity contribution is 5.58. The van der Waals surface area contributed by atoms with Crippen LogP contribution in [-0.4, -0.2) is 57.6 Å². The molecule has 2 heterocycles. The molecule has 4 rings (SSSR count). The third-order valence-electron chi connectivity index (χ3n) is 8.73. The third kappa shape index (κ3) is 6.94. The van der Waals surface area contributed by atoms with Gasteiger partial charge in [-0.15, -0.1) is 0 Å². The van der Waals surface area contributed by atoms with Crippen LogP contribution < -0.4 is 9.47 Å². The van der Waals surface area contributed by atoms with Crippen LogP contribution >= 0.6 is 0 Å². The third-order valence-corrected chi connectivity index (χ3v) is 8.73. The summed E-state index contributed by atoms with van der Waals surface area (Å²) in [5.74, 6) is 3.14. The lowest BCUT2D eigenvalue weighted by Crippen LogP contribution is -2.44. The first-order chi connectivity index (χ1) is 18.4. The zero-order valence-electron chi connectivity index (χ0n) is 24.5. The number of nitrogens with zero attached hydrogens (tertiary/aromatic N) is 1. The molecule has 1 aromatic carbocycles. The Kier molecular flexibility index (Phi) is 10.2. The lowest BCUT2D eigenvalue weighted by Gasteiger charge is -2.36. The number of fused-ring (bicyclic) bond motifs is 1. The van der Waals surface area contributed by atoms with E-state index in [-0.39, 0.29) is 11.5 Å². The first-order valence-corrected chi connectivity index (χ1v) is 14.6. The predicted octanol–water partition coefficient (Wildman–Crippen LogP) is 6.64. The minimum Gasteiger partial charge on any atom is -0.493 e. The van der Waals surface area contributed by atoms with E-state index in [9.17, 15) is 0 Å². The molecule has 6 heteroatoms. The standard InChI is InChI=1S/C32H49NO5/c1-7-27-12-13-28(35-6)31-30(27)32(4,29(38-31)22-34-5)15-16-33(18-25-10-11-25)24(3)9-8-23(2)19-37-21-26-14-17-36-20-26/h12-14,17,20,23-25,29H,7-11,15-16,18-19,21-22H2,1-6H3/t23?,24?,29-,32?/m0/s1. The van der Waals surface area contributed by atoms with Crippen LogP contribution in [0.2, 0.25) is 0 Å². The highest BCUT2D eigenvalue weighted by atomic mass is 16.5. The zero-order valence-corrected chi connectivity index (χ0v) is 24.5. The van der Waals surface area contributed by atoms with Crippen molar-refractivity contribution in [2.24, 2.45) is 11.8 Å². The quantitative estimate of drug-likeness (QED) is 0.230. The van der Waals surface area contributed by atoms with E-state index in [0.717, 1.165) is 49.0 Å². The maximum atomic E-state index is 6.57. The Balaban J connectivity index is 1.40. The summed E-state index contributed by atoms with van der Waals surface area (Å²) >= 11 is 0. The summed E-state index contributed by atoms with van der Waals surface area (Å²) in [6, 6.07) is 6.77. The molecule has 2 aromatic rings. The molecule has 1 aliphatic heterocycles. The summed E-state index contributed by atoms with van der Waals surface area (Å²) in [4.78, 5) is 2.75. The smallest absolute Gasteiger partial charge is 0.165 e. The second kappa shape index (κ2) is 13.4. The number of furan rings is 1. The number of ether oxygens (including phenoxy) is 4. The highest BCUT2D eigenvalue weighted by Gasteiger charge is 2.48. The van der Waals surface area contributed by atoms with Crippen molar-refractivity contribution in [1.29, 1.82) is 0 Å². The largest absolute Gasteiger partial charge is 0.493 e. The highest BCUT2D eigenvalue weighted by Crippen LogP contribution is 2.51. The van der Waals surface area contributed by atoms with Gasteiger partial charge in [0.2, 0.25) is 0 Å². The molecule has 4 atom stereocenters. The Morgan fingerprint density at radius 1 is 1.13 bits per heavy atom. The molecular weight excluding hydrogens is 478 g/mol. The second-order valence-electron chi connectivity index (χ2n) is 11.8. The van der Waals surface area contributed by atoms with E-state index < -0.39 is 0 Å². The van der Waals surface area contributed by atoms with Crippen LogP contribution in [0.25, 0.3) is 0 Å². The first-order valence-electron chi connectivity index (χ1n) is 14.6. The van der Waals surface area contributed by atoms with Gasteiger partial charge in [0.05, 0.1) is 32.8 Å². The molecule has 1 aromatic heterocycles. The normalized spacial score (nSPS) is 22.3. The van der Waals surface area contributed by atoms with Crippen LogP contribution in [0.15, 0.2) is 35.1 Å². The van der Waals surface area contributed by atoms with Gasteiger partial charge >= 0.3 is 0 Å². The molecule has 0 spiro atoms. The topological polar surface area (TPSA) is 53.3 Å². The molecule has 6 nitrogen and oxygen atoms in total. The van der Waals surface area contributed by atoms with Crippen LogP contribution in [0.4, 0.5) is 0 Å². The van der Waals surface area contributed by atoms with Crippen LogP contribution in [-0.2, 0) is 27.9 Å². The van der Waals surface area contributed by atoms with Gasteiger partial charge in [-0.3, -0.25) is 0 Å². The minimum atomic E-state index is -0.124. The van der Waals surface area contributed by atoms with Crippen LogP contribution in [0.1, 0.15) is 76.5 Å². The summed E-state index contributed by atoms with van der Waals surface area (Å²) in [5, 5.41) is 0. The Hall–Kier alpha value is -2.02. The molecule has 0 amide bonds. The van der Waals surface area contributed by atoms with Gasteiger partial charge in [0.1, 0.15) is 6.10 Å². The number of rotatable bonds is 17. The second-order valence-corrected chi connectivity index (χ2v) is 11.8. The lowest BCUT2D eigenvalue weighted by molar-refractivity contribution is 0.0432. The van der Waals surface area contributed by atoms with E-state index in [4.69, 9.17) is 23.4 Å². The van der Waals surface area contributed by atoms with Crippen LogP contribution in [0, 0.1) is 11.8 Å². The summed E-state index contributed by atoms with van der Waals surface area (Å²) in [5.41, 5.74) is 3.65. The molecule has 0 bridgehead atoms. The monoisotopic (exact) mass is 527 g/mol. The summed E-state index contributed by atoms with van der Waals surface area (Å²) in [7, 11) is 3.50. The summed E-state index contributed by atoms with van der Waals surface area (Å²) in [6.07, 6.45) is 10.5. The molecule has 2 aliphatic rings. The fourth-order valence-corrected chi connectivity index (χ4v) is 5.94. The van der Waals surface area contributed by atoms with Gasteiger partial charge in [-0.1, -0.05) is 26.8 Å². The molecule has 212 valence electrons. The van der Waals surface area contributed by atoms with Crippen molar-refractivity contribution in [3.05, 3.63) is 47.4 Å². The fourth-order valence-electron chi connectivity index (χ4n) is 5.94. The van der Waals surface area contributed by atoms with Gasteiger partial charge in [0.15, 0.2) is 11.5 Å².